The number of phenolic OH excluding ortho intramolecular Hbond substituents is 1. The summed E-state index contributed by atoms with van der Waals surface area (Å²) in [6.45, 7) is 3.92. The Kier molecular flexibility index (Phi) is 5.63. The van der Waals surface area contributed by atoms with Crippen molar-refractivity contribution < 1.29 is 9.84 Å². The third-order valence-corrected chi connectivity index (χ3v) is 7.07. The third-order valence-electron chi connectivity index (χ3n) is 7.07. The van der Waals surface area contributed by atoms with Gasteiger partial charge in [0, 0.05) is 28.4 Å². The van der Waals surface area contributed by atoms with Crippen LogP contribution in [0.2, 0.25) is 0 Å². The van der Waals surface area contributed by atoms with Crippen molar-refractivity contribution >= 4 is 32.4 Å². The predicted molar refractivity (Wildman–Crippen MR) is 142 cm³/mol. The normalized spacial score (nSPS) is 14.6. The molecule has 1 N–H and O–H groups in total. The predicted octanol–water partition coefficient (Wildman–Crippen LogP) is 5.87. The molecule has 1 aliphatic rings. The van der Waals surface area contributed by atoms with Gasteiger partial charge in [-0.3, -0.25) is 14.3 Å². The number of likely N-dealkylation sites (tertiary alicyclic amines) is 1. The van der Waals surface area contributed by atoms with E-state index >= 15 is 0 Å². The van der Waals surface area contributed by atoms with Crippen LogP contribution in [0, 0.1) is 0 Å². The Morgan fingerprint density at radius 2 is 1.51 bits per heavy atom. The zero-order valence-electron chi connectivity index (χ0n) is 19.6. The van der Waals surface area contributed by atoms with Gasteiger partial charge < -0.3 is 9.84 Å². The molecule has 4 aromatic carbocycles. The van der Waals surface area contributed by atoms with E-state index in [9.17, 15) is 9.90 Å². The number of nitrogens with zero attached hydrogens (tertiary/aromatic N) is 2. The molecule has 5 heteroatoms. The molecular weight excluding hydrogens is 436 g/mol. The maximum atomic E-state index is 13.8. The van der Waals surface area contributed by atoms with Gasteiger partial charge in [-0.25, -0.2) is 0 Å². The van der Waals surface area contributed by atoms with Crippen molar-refractivity contribution in [3.63, 3.8) is 0 Å². The van der Waals surface area contributed by atoms with Gasteiger partial charge in [-0.2, -0.15) is 0 Å². The number of piperidine rings is 1. The lowest BCUT2D eigenvalue weighted by Crippen LogP contribution is -2.33. The van der Waals surface area contributed by atoms with Crippen LogP contribution >= 0.6 is 0 Å². The Labute approximate surface area is 203 Å². The van der Waals surface area contributed by atoms with Gasteiger partial charge in [0.05, 0.1) is 5.52 Å². The van der Waals surface area contributed by atoms with Crippen molar-refractivity contribution in [2.75, 3.05) is 26.2 Å². The summed E-state index contributed by atoms with van der Waals surface area (Å²) in [6, 6.07) is 24.8. The van der Waals surface area contributed by atoms with E-state index in [0.717, 1.165) is 58.1 Å². The van der Waals surface area contributed by atoms with Crippen LogP contribution in [0.15, 0.2) is 83.7 Å². The Balaban J connectivity index is 1.43. The lowest BCUT2D eigenvalue weighted by molar-refractivity contribution is 0.183. The molecule has 1 aliphatic heterocycles. The SMILES string of the molecule is O=c1c2ccccc2c2ccc3cc(O)ccc3c2n1-c1ccc(OCCN2CCCCC2)cc1. The Bertz CT molecular complexity index is 1580. The minimum atomic E-state index is -0.0626. The molecule has 1 saturated heterocycles. The minimum Gasteiger partial charge on any atom is -0.508 e. The van der Waals surface area contributed by atoms with Gasteiger partial charge >= 0.3 is 0 Å². The number of aromatic hydroxyl groups is 1. The fourth-order valence-corrected chi connectivity index (χ4v) is 5.30. The summed E-state index contributed by atoms with van der Waals surface area (Å²) in [5.41, 5.74) is 1.56. The molecule has 0 amide bonds. The molecule has 0 bridgehead atoms. The number of aromatic nitrogens is 1. The van der Waals surface area contributed by atoms with Gasteiger partial charge in [0.2, 0.25) is 0 Å². The quantitative estimate of drug-likeness (QED) is 0.331. The minimum absolute atomic E-state index is 0.0626. The Hall–Kier alpha value is -3.83. The molecule has 1 aromatic heterocycles. The van der Waals surface area contributed by atoms with E-state index < -0.39 is 0 Å². The average Bonchev–Trinajstić information content (AvgIpc) is 2.90. The third kappa shape index (κ3) is 4.02. The summed E-state index contributed by atoms with van der Waals surface area (Å²) in [5, 5.41) is 14.4. The monoisotopic (exact) mass is 464 g/mol. The molecule has 0 saturated carbocycles. The van der Waals surface area contributed by atoms with E-state index in [4.69, 9.17) is 4.74 Å². The van der Waals surface area contributed by atoms with Crippen molar-refractivity contribution in [2.45, 2.75) is 19.3 Å². The lowest BCUT2D eigenvalue weighted by Gasteiger charge is -2.26. The summed E-state index contributed by atoms with van der Waals surface area (Å²) in [5.74, 6) is 1.01. The molecule has 2 heterocycles. The van der Waals surface area contributed by atoms with Gasteiger partial charge in [-0.15, -0.1) is 0 Å². The van der Waals surface area contributed by atoms with Gasteiger partial charge in [0.25, 0.3) is 5.56 Å². The van der Waals surface area contributed by atoms with Crippen LogP contribution in [0.1, 0.15) is 19.3 Å². The topological polar surface area (TPSA) is 54.7 Å². The smallest absolute Gasteiger partial charge is 0.263 e. The summed E-state index contributed by atoms with van der Waals surface area (Å²) >= 11 is 0. The number of rotatable bonds is 5. The molecule has 5 nitrogen and oxygen atoms in total. The van der Waals surface area contributed by atoms with Crippen molar-refractivity contribution in [2.24, 2.45) is 0 Å². The van der Waals surface area contributed by atoms with Crippen molar-refractivity contribution in [1.29, 1.82) is 0 Å². The van der Waals surface area contributed by atoms with Crippen molar-refractivity contribution in [1.82, 2.24) is 9.47 Å². The summed E-state index contributed by atoms with van der Waals surface area (Å²) in [4.78, 5) is 16.2. The van der Waals surface area contributed by atoms with Gasteiger partial charge in [-0.05, 0) is 85.2 Å². The van der Waals surface area contributed by atoms with Crippen LogP contribution in [-0.4, -0.2) is 40.8 Å². The molecule has 0 atom stereocenters. The number of pyridine rings is 1. The van der Waals surface area contributed by atoms with Crippen LogP contribution in [0.5, 0.6) is 11.5 Å². The second-order valence-corrected chi connectivity index (χ2v) is 9.30. The Morgan fingerprint density at radius 1 is 0.771 bits per heavy atom. The highest BCUT2D eigenvalue weighted by molar-refractivity contribution is 6.16. The van der Waals surface area contributed by atoms with Gasteiger partial charge in [-0.1, -0.05) is 36.8 Å². The van der Waals surface area contributed by atoms with Gasteiger partial charge in [0.1, 0.15) is 18.1 Å². The van der Waals surface area contributed by atoms with Crippen LogP contribution in [0.3, 0.4) is 0 Å². The molecule has 35 heavy (non-hydrogen) atoms. The van der Waals surface area contributed by atoms with E-state index in [1.54, 1.807) is 16.7 Å². The molecule has 176 valence electrons. The fraction of sp³-hybridized carbons (Fsp3) is 0.233. The second-order valence-electron chi connectivity index (χ2n) is 9.30. The maximum absolute atomic E-state index is 13.8. The zero-order valence-corrected chi connectivity index (χ0v) is 19.6. The second kappa shape index (κ2) is 9.08. The molecule has 0 unspecified atom stereocenters. The van der Waals surface area contributed by atoms with Crippen LogP contribution in [-0.2, 0) is 0 Å². The fourth-order valence-electron chi connectivity index (χ4n) is 5.30. The van der Waals surface area contributed by atoms with Crippen LogP contribution in [0.4, 0.5) is 0 Å². The highest BCUT2D eigenvalue weighted by Gasteiger charge is 2.15. The van der Waals surface area contributed by atoms with E-state index in [2.05, 4.69) is 4.90 Å². The number of phenols is 1. The largest absolute Gasteiger partial charge is 0.508 e. The van der Waals surface area contributed by atoms with Crippen molar-refractivity contribution in [3.05, 3.63) is 89.2 Å². The van der Waals surface area contributed by atoms with E-state index in [0.29, 0.717) is 12.0 Å². The molecule has 0 radical (unpaired) electrons. The first kappa shape index (κ1) is 21.7. The van der Waals surface area contributed by atoms with Gasteiger partial charge in [0.15, 0.2) is 0 Å². The molecule has 5 aromatic rings. The highest BCUT2D eigenvalue weighted by atomic mass is 16.5. The zero-order chi connectivity index (χ0) is 23.8. The summed E-state index contributed by atoms with van der Waals surface area (Å²) in [6.07, 6.45) is 3.88. The van der Waals surface area contributed by atoms with E-state index in [-0.39, 0.29) is 11.3 Å². The molecule has 0 aliphatic carbocycles. The summed E-state index contributed by atoms with van der Waals surface area (Å²) < 4.78 is 7.80. The first-order chi connectivity index (χ1) is 17.2. The average molecular weight is 465 g/mol. The molecule has 0 spiro atoms. The maximum Gasteiger partial charge on any atom is 0.263 e. The number of hydrogen-bond donors (Lipinski definition) is 1. The summed E-state index contributed by atoms with van der Waals surface area (Å²) in [7, 11) is 0. The number of ether oxygens (including phenoxy) is 1. The first-order valence-corrected chi connectivity index (χ1v) is 12.3. The molecular formula is C30H28N2O3. The molecule has 1 fully saturated rings. The number of fused-ring (bicyclic) bond motifs is 5. The number of hydrogen-bond acceptors (Lipinski definition) is 4. The lowest BCUT2D eigenvalue weighted by atomic mass is 10.0. The van der Waals surface area contributed by atoms with Crippen LogP contribution in [0.25, 0.3) is 38.1 Å². The first-order valence-electron chi connectivity index (χ1n) is 12.3. The van der Waals surface area contributed by atoms with Crippen LogP contribution < -0.4 is 10.3 Å². The highest BCUT2D eigenvalue weighted by Crippen LogP contribution is 2.33. The molecule has 6 rings (SSSR count). The Morgan fingerprint density at radius 3 is 2.31 bits per heavy atom. The van der Waals surface area contributed by atoms with E-state index in [1.165, 1.54) is 19.3 Å². The number of benzene rings is 4. The standard InChI is InChI=1S/C30H28N2O3/c33-23-11-15-25-21(20-23)8-14-27-26-6-2-3-7-28(26)30(34)32(29(25)27)22-9-12-24(13-10-22)35-19-18-31-16-4-1-5-17-31/h2-3,6-15,20,33H,1,4-5,16-19H2. The van der Waals surface area contributed by atoms with Crippen molar-refractivity contribution in [3.8, 4) is 17.2 Å². The van der Waals surface area contributed by atoms with E-state index in [1.807, 2.05) is 66.7 Å².